The summed E-state index contributed by atoms with van der Waals surface area (Å²) in [4.78, 5) is 24.7. The molecule has 1 aliphatic rings. The third kappa shape index (κ3) is 3.80. The third-order valence-electron chi connectivity index (χ3n) is 2.84. The lowest BCUT2D eigenvalue weighted by atomic mass is 10.1. The summed E-state index contributed by atoms with van der Waals surface area (Å²) < 4.78 is 0. The van der Waals surface area contributed by atoms with E-state index in [2.05, 4.69) is 5.32 Å². The summed E-state index contributed by atoms with van der Waals surface area (Å²) in [5.41, 5.74) is 0. The first-order valence-electron chi connectivity index (χ1n) is 5.81. The van der Waals surface area contributed by atoms with Crippen molar-refractivity contribution in [2.45, 2.75) is 32.9 Å². The highest BCUT2D eigenvalue weighted by molar-refractivity contribution is 7.99. The van der Waals surface area contributed by atoms with Gasteiger partial charge in [-0.05, 0) is 12.8 Å². The number of thioether (sulfide) groups is 1. The molecule has 1 heterocycles. The van der Waals surface area contributed by atoms with E-state index < -0.39 is 12.0 Å². The second-order valence-corrected chi connectivity index (χ2v) is 5.78. The van der Waals surface area contributed by atoms with Gasteiger partial charge < -0.3 is 15.3 Å². The molecule has 0 radical (unpaired) electrons. The molecular weight excluding hydrogens is 240 g/mol. The summed E-state index contributed by atoms with van der Waals surface area (Å²) in [6.45, 7) is 6.24. The Hall–Kier alpha value is -0.910. The van der Waals surface area contributed by atoms with Crippen molar-refractivity contribution in [2.24, 2.45) is 5.92 Å². The largest absolute Gasteiger partial charge is 0.480 e. The lowest BCUT2D eigenvalue weighted by Gasteiger charge is -2.34. The van der Waals surface area contributed by atoms with Gasteiger partial charge in [-0.25, -0.2) is 9.59 Å². The van der Waals surface area contributed by atoms with Crippen molar-refractivity contribution in [3.05, 3.63) is 0 Å². The van der Waals surface area contributed by atoms with Crippen molar-refractivity contribution in [1.82, 2.24) is 10.2 Å². The number of carbonyl (C=O) groups excluding carboxylic acids is 1. The van der Waals surface area contributed by atoms with E-state index in [0.29, 0.717) is 6.54 Å². The van der Waals surface area contributed by atoms with Crippen LogP contribution in [0, 0.1) is 5.92 Å². The Bertz CT molecular complexity index is 296. The number of urea groups is 1. The number of nitrogens with zero attached hydrogens (tertiary/aromatic N) is 1. The first-order valence-corrected chi connectivity index (χ1v) is 6.96. The van der Waals surface area contributed by atoms with Crippen LogP contribution in [-0.2, 0) is 4.79 Å². The Kier molecular flexibility index (Phi) is 5.11. The molecule has 0 aromatic rings. The van der Waals surface area contributed by atoms with Crippen LogP contribution in [0.1, 0.15) is 20.8 Å². The van der Waals surface area contributed by atoms with Crippen LogP contribution in [0.4, 0.5) is 4.79 Å². The van der Waals surface area contributed by atoms with Gasteiger partial charge in [0.2, 0.25) is 0 Å². The fraction of sp³-hybridized carbons (Fsp3) is 0.818. The molecule has 0 bridgehead atoms. The molecule has 0 aromatic heterocycles. The minimum absolute atomic E-state index is 0.120. The monoisotopic (exact) mass is 260 g/mol. The van der Waals surface area contributed by atoms with E-state index in [1.165, 1.54) is 0 Å². The summed E-state index contributed by atoms with van der Waals surface area (Å²) in [7, 11) is 0. The Morgan fingerprint density at radius 3 is 2.59 bits per heavy atom. The van der Waals surface area contributed by atoms with Gasteiger partial charge in [0.1, 0.15) is 6.04 Å². The van der Waals surface area contributed by atoms with Gasteiger partial charge in [-0.2, -0.15) is 11.8 Å². The average molecular weight is 260 g/mol. The van der Waals surface area contributed by atoms with Crippen molar-refractivity contribution in [2.75, 3.05) is 18.1 Å². The van der Waals surface area contributed by atoms with E-state index in [4.69, 9.17) is 5.11 Å². The predicted octanol–water partition coefficient (Wildman–Crippen LogP) is 1.24. The number of hydrogen-bond donors (Lipinski definition) is 2. The molecule has 0 aliphatic carbocycles. The van der Waals surface area contributed by atoms with Gasteiger partial charge in [0.15, 0.2) is 0 Å². The van der Waals surface area contributed by atoms with E-state index in [-0.39, 0.29) is 18.0 Å². The predicted molar refractivity (Wildman–Crippen MR) is 68.3 cm³/mol. The molecule has 1 aliphatic heterocycles. The molecule has 5 nitrogen and oxygen atoms in total. The Balaban J connectivity index is 2.60. The molecule has 17 heavy (non-hydrogen) atoms. The normalized spacial score (nSPS) is 22.4. The standard InChI is InChI=1S/C11H20N2O3S/c1-7(2)9(10(14)15)12-11(16)13-4-5-17-6-8(13)3/h7-9H,4-6H2,1-3H3,(H,12,16)(H,14,15)/t8?,9-/m1/s1. The van der Waals surface area contributed by atoms with Crippen molar-refractivity contribution in [3.63, 3.8) is 0 Å². The van der Waals surface area contributed by atoms with E-state index >= 15 is 0 Å². The molecule has 1 fully saturated rings. The number of carboxylic acids is 1. The molecule has 1 saturated heterocycles. The maximum absolute atomic E-state index is 12.0. The fourth-order valence-corrected chi connectivity index (χ4v) is 2.77. The van der Waals surface area contributed by atoms with Crippen LogP contribution >= 0.6 is 11.8 Å². The highest BCUT2D eigenvalue weighted by atomic mass is 32.2. The number of rotatable bonds is 3. The maximum Gasteiger partial charge on any atom is 0.326 e. The third-order valence-corrected chi connectivity index (χ3v) is 4.03. The van der Waals surface area contributed by atoms with Crippen LogP contribution in [0.25, 0.3) is 0 Å². The molecule has 1 unspecified atom stereocenters. The fourth-order valence-electron chi connectivity index (χ4n) is 1.76. The van der Waals surface area contributed by atoms with Crippen molar-refractivity contribution in [1.29, 1.82) is 0 Å². The van der Waals surface area contributed by atoms with E-state index in [1.807, 2.05) is 18.7 Å². The van der Waals surface area contributed by atoms with E-state index in [9.17, 15) is 9.59 Å². The van der Waals surface area contributed by atoms with E-state index in [1.54, 1.807) is 18.7 Å². The van der Waals surface area contributed by atoms with E-state index in [0.717, 1.165) is 11.5 Å². The van der Waals surface area contributed by atoms with Crippen LogP contribution in [0.3, 0.4) is 0 Å². The smallest absolute Gasteiger partial charge is 0.326 e. The van der Waals surface area contributed by atoms with Gasteiger partial charge in [-0.1, -0.05) is 13.8 Å². The van der Waals surface area contributed by atoms with Crippen LogP contribution in [0.15, 0.2) is 0 Å². The number of hydrogen-bond acceptors (Lipinski definition) is 3. The first-order chi connectivity index (χ1) is 7.93. The number of nitrogens with one attached hydrogen (secondary N) is 1. The number of carbonyl (C=O) groups is 2. The molecule has 2 amide bonds. The Morgan fingerprint density at radius 1 is 1.47 bits per heavy atom. The Labute approximate surface area is 106 Å². The van der Waals surface area contributed by atoms with Gasteiger partial charge in [0.25, 0.3) is 0 Å². The number of carboxylic acid groups (broad SMARTS) is 1. The van der Waals surface area contributed by atoms with Gasteiger partial charge in [0.05, 0.1) is 0 Å². The minimum atomic E-state index is -0.979. The Morgan fingerprint density at radius 2 is 2.12 bits per heavy atom. The second-order valence-electron chi connectivity index (χ2n) is 4.63. The van der Waals surface area contributed by atoms with Crippen molar-refractivity contribution < 1.29 is 14.7 Å². The van der Waals surface area contributed by atoms with Gasteiger partial charge in [-0.15, -0.1) is 0 Å². The molecule has 0 aromatic carbocycles. The van der Waals surface area contributed by atoms with Crippen LogP contribution in [0.2, 0.25) is 0 Å². The summed E-state index contributed by atoms with van der Waals surface area (Å²) in [6, 6.07) is -0.918. The highest BCUT2D eigenvalue weighted by Crippen LogP contribution is 2.16. The quantitative estimate of drug-likeness (QED) is 0.801. The SMILES string of the molecule is CC(C)[C@@H](NC(=O)N1CCSCC1C)C(=O)O. The molecule has 98 valence electrons. The average Bonchev–Trinajstić information content (AvgIpc) is 2.25. The molecule has 2 atom stereocenters. The number of aliphatic carboxylic acids is 1. The molecule has 2 N–H and O–H groups in total. The second kappa shape index (κ2) is 6.14. The molecule has 1 rings (SSSR count). The lowest BCUT2D eigenvalue weighted by Crippen LogP contribution is -2.54. The first kappa shape index (κ1) is 14.2. The maximum atomic E-state index is 12.0. The lowest BCUT2D eigenvalue weighted by molar-refractivity contribution is -0.140. The molecule has 0 saturated carbocycles. The highest BCUT2D eigenvalue weighted by Gasteiger charge is 2.29. The topological polar surface area (TPSA) is 69.6 Å². The zero-order valence-corrected chi connectivity index (χ0v) is 11.3. The summed E-state index contributed by atoms with van der Waals surface area (Å²) in [5, 5.41) is 11.6. The van der Waals surface area contributed by atoms with Gasteiger partial charge in [-0.3, -0.25) is 0 Å². The van der Waals surface area contributed by atoms with Crippen molar-refractivity contribution >= 4 is 23.8 Å². The molecule has 0 spiro atoms. The van der Waals surface area contributed by atoms with Gasteiger partial charge >= 0.3 is 12.0 Å². The van der Waals surface area contributed by atoms with Crippen LogP contribution in [-0.4, -0.2) is 52.1 Å². The summed E-state index contributed by atoms with van der Waals surface area (Å²) >= 11 is 1.82. The summed E-state index contributed by atoms with van der Waals surface area (Å²) in [5.74, 6) is 0.725. The van der Waals surface area contributed by atoms with Gasteiger partial charge in [0, 0.05) is 24.1 Å². The molecular formula is C11H20N2O3S. The number of amides is 2. The zero-order valence-electron chi connectivity index (χ0n) is 10.5. The molecule has 6 heteroatoms. The summed E-state index contributed by atoms with van der Waals surface area (Å²) in [6.07, 6.45) is 0. The zero-order chi connectivity index (χ0) is 13.0. The van der Waals surface area contributed by atoms with Crippen LogP contribution in [0.5, 0.6) is 0 Å². The minimum Gasteiger partial charge on any atom is -0.480 e. The van der Waals surface area contributed by atoms with Crippen molar-refractivity contribution in [3.8, 4) is 0 Å². The van der Waals surface area contributed by atoms with Crippen LogP contribution < -0.4 is 5.32 Å².